The van der Waals surface area contributed by atoms with Crippen molar-refractivity contribution in [3.8, 4) is 0 Å². The number of hydrogen-bond acceptors (Lipinski definition) is 2. The molecule has 0 saturated heterocycles. The van der Waals surface area contributed by atoms with Gasteiger partial charge in [0.05, 0.1) is 0 Å². The molecule has 4 heteroatoms. The van der Waals surface area contributed by atoms with E-state index in [4.69, 9.17) is 0 Å². The fourth-order valence-electron chi connectivity index (χ4n) is 4.31. The summed E-state index contributed by atoms with van der Waals surface area (Å²) in [6.45, 7) is 1.82. The van der Waals surface area contributed by atoms with Gasteiger partial charge in [0.15, 0.2) is 0 Å². The van der Waals surface area contributed by atoms with Crippen LogP contribution in [0.15, 0.2) is 35.9 Å². The molecule has 0 unspecified atom stereocenters. The molecule has 4 nitrogen and oxygen atoms in total. The maximum absolute atomic E-state index is 13.2. The maximum Gasteiger partial charge on any atom is 0.324 e. The maximum atomic E-state index is 13.2. The Labute approximate surface area is 163 Å². The smallest absolute Gasteiger partial charge is 0.324 e. The first-order chi connectivity index (χ1) is 13.1. The van der Waals surface area contributed by atoms with E-state index in [0.717, 1.165) is 56.9 Å². The van der Waals surface area contributed by atoms with Crippen LogP contribution in [-0.2, 0) is 4.79 Å². The number of carbonyl (C=O) groups is 2. The van der Waals surface area contributed by atoms with Crippen LogP contribution >= 0.6 is 0 Å². The lowest BCUT2D eigenvalue weighted by Crippen LogP contribution is -2.53. The van der Waals surface area contributed by atoms with E-state index in [1.807, 2.05) is 43.3 Å². The lowest BCUT2D eigenvalue weighted by molar-refractivity contribution is -0.126. The highest BCUT2D eigenvalue weighted by Gasteiger charge is 2.32. The van der Waals surface area contributed by atoms with Crippen LogP contribution in [-0.4, -0.2) is 28.9 Å². The zero-order valence-corrected chi connectivity index (χ0v) is 16.5. The van der Waals surface area contributed by atoms with Gasteiger partial charge in [0.25, 0.3) is 5.91 Å². The predicted molar refractivity (Wildman–Crippen MR) is 109 cm³/mol. The Morgan fingerprint density at radius 1 is 0.926 bits per heavy atom. The number of amides is 3. The van der Waals surface area contributed by atoms with Gasteiger partial charge in [-0.05, 0) is 44.2 Å². The number of nitrogens with one attached hydrogen (secondary N) is 1. The van der Waals surface area contributed by atoms with Crippen LogP contribution in [0.25, 0.3) is 6.08 Å². The van der Waals surface area contributed by atoms with Crippen LogP contribution in [0.1, 0.15) is 76.7 Å². The van der Waals surface area contributed by atoms with Crippen LogP contribution in [0.3, 0.4) is 0 Å². The van der Waals surface area contributed by atoms with Gasteiger partial charge in [-0.3, -0.25) is 9.69 Å². The molecule has 2 saturated carbocycles. The summed E-state index contributed by atoms with van der Waals surface area (Å²) in [6.07, 6.45) is 12.7. The molecule has 1 aromatic carbocycles. The third kappa shape index (κ3) is 5.44. The summed E-state index contributed by atoms with van der Waals surface area (Å²) in [4.78, 5) is 27.8. The Balaban J connectivity index is 1.76. The summed E-state index contributed by atoms with van der Waals surface area (Å²) in [6, 6.07) is 9.86. The molecule has 0 aliphatic heterocycles. The van der Waals surface area contributed by atoms with E-state index in [1.54, 1.807) is 0 Å². The summed E-state index contributed by atoms with van der Waals surface area (Å²) in [5.74, 6) is -0.154. The Morgan fingerprint density at radius 2 is 1.52 bits per heavy atom. The number of hydrogen-bond donors (Lipinski definition) is 1. The zero-order valence-electron chi connectivity index (χ0n) is 16.5. The lowest BCUT2D eigenvalue weighted by atomic mass is 9.93. The Bertz CT molecular complexity index is 656. The average Bonchev–Trinajstić information content (AvgIpc) is 2.70. The molecule has 1 N–H and O–H groups in total. The molecule has 0 spiro atoms. The molecular weight excluding hydrogens is 336 g/mol. The lowest BCUT2D eigenvalue weighted by Gasteiger charge is -2.34. The second kappa shape index (κ2) is 9.72. The van der Waals surface area contributed by atoms with Crippen LogP contribution in [0.4, 0.5) is 4.79 Å². The highest BCUT2D eigenvalue weighted by Crippen LogP contribution is 2.25. The first-order valence-electron chi connectivity index (χ1n) is 10.5. The average molecular weight is 369 g/mol. The van der Waals surface area contributed by atoms with Gasteiger partial charge in [0.1, 0.15) is 0 Å². The van der Waals surface area contributed by atoms with E-state index in [0.29, 0.717) is 5.57 Å². The highest BCUT2D eigenvalue weighted by molar-refractivity contribution is 6.06. The molecule has 3 rings (SSSR count). The molecule has 0 atom stereocenters. The van der Waals surface area contributed by atoms with Crippen LogP contribution in [0.5, 0.6) is 0 Å². The fourth-order valence-corrected chi connectivity index (χ4v) is 4.31. The third-order valence-electron chi connectivity index (χ3n) is 5.83. The first-order valence-corrected chi connectivity index (χ1v) is 10.5. The second-order valence-corrected chi connectivity index (χ2v) is 7.99. The minimum Gasteiger partial charge on any atom is -0.335 e. The van der Waals surface area contributed by atoms with Crippen molar-refractivity contribution in [3.63, 3.8) is 0 Å². The van der Waals surface area contributed by atoms with Crippen LogP contribution in [0, 0.1) is 0 Å². The Kier molecular flexibility index (Phi) is 7.08. The SMILES string of the molecule is C/C(=C\c1ccccc1)C(=O)N(C(=O)NC1CCCCC1)C1CCCCC1. The molecule has 0 radical (unpaired) electrons. The minimum atomic E-state index is -0.195. The quantitative estimate of drug-likeness (QED) is 0.734. The van der Waals surface area contributed by atoms with E-state index in [-0.39, 0.29) is 24.0 Å². The molecule has 0 bridgehead atoms. The van der Waals surface area contributed by atoms with Crippen molar-refractivity contribution in [2.24, 2.45) is 0 Å². The molecule has 2 fully saturated rings. The van der Waals surface area contributed by atoms with Gasteiger partial charge in [-0.2, -0.15) is 0 Å². The third-order valence-corrected chi connectivity index (χ3v) is 5.83. The molecular formula is C23H32N2O2. The van der Waals surface area contributed by atoms with Gasteiger partial charge in [-0.1, -0.05) is 68.9 Å². The van der Waals surface area contributed by atoms with Gasteiger partial charge in [0.2, 0.25) is 0 Å². The molecule has 1 aromatic rings. The van der Waals surface area contributed by atoms with Crippen molar-refractivity contribution in [1.29, 1.82) is 0 Å². The molecule has 0 heterocycles. The van der Waals surface area contributed by atoms with Crippen LogP contribution in [0.2, 0.25) is 0 Å². The van der Waals surface area contributed by atoms with Gasteiger partial charge in [0, 0.05) is 17.7 Å². The standard InChI is InChI=1S/C23H32N2O2/c1-18(17-19-11-5-2-6-12-19)22(26)25(21-15-9-4-10-16-21)23(27)24-20-13-7-3-8-14-20/h2,5-6,11-12,17,20-21H,3-4,7-10,13-16H2,1H3,(H,24,27)/b18-17+. The monoisotopic (exact) mass is 368 g/mol. The predicted octanol–water partition coefficient (Wildman–Crippen LogP) is 5.29. The zero-order chi connectivity index (χ0) is 19.1. The van der Waals surface area contributed by atoms with Crippen LogP contribution < -0.4 is 5.32 Å². The number of imide groups is 1. The molecule has 0 aromatic heterocycles. The summed E-state index contributed by atoms with van der Waals surface area (Å²) in [5.41, 5.74) is 1.60. The highest BCUT2D eigenvalue weighted by atomic mass is 16.2. The Hall–Kier alpha value is -2.10. The molecule has 2 aliphatic rings. The van der Waals surface area contributed by atoms with E-state index in [9.17, 15) is 9.59 Å². The number of urea groups is 1. The first kappa shape index (κ1) is 19.7. The summed E-state index contributed by atoms with van der Waals surface area (Å²) >= 11 is 0. The molecule has 146 valence electrons. The number of carbonyl (C=O) groups excluding carboxylic acids is 2. The number of rotatable bonds is 4. The topological polar surface area (TPSA) is 49.4 Å². The molecule has 3 amide bonds. The van der Waals surface area contributed by atoms with E-state index in [2.05, 4.69) is 5.32 Å². The van der Waals surface area contributed by atoms with E-state index < -0.39 is 0 Å². The largest absolute Gasteiger partial charge is 0.335 e. The summed E-state index contributed by atoms with van der Waals surface area (Å²) in [7, 11) is 0. The van der Waals surface area contributed by atoms with E-state index >= 15 is 0 Å². The number of nitrogens with zero attached hydrogens (tertiary/aromatic N) is 1. The second-order valence-electron chi connectivity index (χ2n) is 7.99. The van der Waals surface area contributed by atoms with Crippen molar-refractivity contribution in [1.82, 2.24) is 10.2 Å². The normalized spacial score (nSPS) is 19.5. The van der Waals surface area contributed by atoms with Crippen molar-refractivity contribution in [2.75, 3.05) is 0 Å². The van der Waals surface area contributed by atoms with Gasteiger partial charge >= 0.3 is 6.03 Å². The Morgan fingerprint density at radius 3 is 2.15 bits per heavy atom. The molecule has 2 aliphatic carbocycles. The van der Waals surface area contributed by atoms with Crippen molar-refractivity contribution in [3.05, 3.63) is 41.5 Å². The molecule has 27 heavy (non-hydrogen) atoms. The van der Waals surface area contributed by atoms with Gasteiger partial charge < -0.3 is 5.32 Å². The fraction of sp³-hybridized carbons (Fsp3) is 0.565. The van der Waals surface area contributed by atoms with Gasteiger partial charge in [-0.15, -0.1) is 0 Å². The van der Waals surface area contributed by atoms with Crippen molar-refractivity contribution < 1.29 is 9.59 Å². The van der Waals surface area contributed by atoms with E-state index in [1.165, 1.54) is 17.7 Å². The van der Waals surface area contributed by atoms with Crippen molar-refractivity contribution >= 4 is 18.0 Å². The number of benzene rings is 1. The van der Waals surface area contributed by atoms with Crippen molar-refractivity contribution in [2.45, 2.75) is 83.2 Å². The minimum absolute atomic E-state index is 0.0222. The summed E-state index contributed by atoms with van der Waals surface area (Å²) < 4.78 is 0. The summed E-state index contributed by atoms with van der Waals surface area (Å²) in [5, 5.41) is 3.15. The van der Waals surface area contributed by atoms with Gasteiger partial charge in [-0.25, -0.2) is 4.79 Å².